The van der Waals surface area contributed by atoms with E-state index in [9.17, 15) is 10.1 Å². The van der Waals surface area contributed by atoms with Crippen LogP contribution in [0, 0.1) is 17.2 Å². The molecule has 6 heteroatoms. The number of hydrogen-bond donors (Lipinski definition) is 2. The summed E-state index contributed by atoms with van der Waals surface area (Å²) in [5.41, 5.74) is 1.24. The molecule has 1 aromatic carbocycles. The molecule has 0 aromatic heterocycles. The SMILES string of the molecule is CCSc1cccc(NC2COCC2C(=O)O)c1C#N. The maximum absolute atomic E-state index is 11.1. The molecule has 1 aliphatic heterocycles. The molecule has 0 saturated carbocycles. The number of anilines is 1. The molecule has 20 heavy (non-hydrogen) atoms. The molecule has 1 aromatic rings. The van der Waals surface area contributed by atoms with Crippen molar-refractivity contribution >= 4 is 23.4 Å². The van der Waals surface area contributed by atoms with Crippen LogP contribution in [-0.2, 0) is 9.53 Å². The Kier molecular flexibility index (Phi) is 4.88. The van der Waals surface area contributed by atoms with Gasteiger partial charge in [0.25, 0.3) is 0 Å². The van der Waals surface area contributed by atoms with E-state index in [0.717, 1.165) is 10.6 Å². The Hall–Kier alpha value is -1.71. The standard InChI is InChI=1S/C14H16N2O3S/c1-2-20-13-5-3-4-11(9(13)6-15)16-12-8-19-7-10(12)14(17)18/h3-5,10,12,16H,2,7-8H2,1H3,(H,17,18). The number of carbonyl (C=O) groups is 1. The molecule has 2 unspecified atom stereocenters. The number of carboxylic acid groups (broad SMARTS) is 1. The fraction of sp³-hybridized carbons (Fsp3) is 0.429. The summed E-state index contributed by atoms with van der Waals surface area (Å²) >= 11 is 1.60. The molecular formula is C14H16N2O3S. The summed E-state index contributed by atoms with van der Waals surface area (Å²) in [5.74, 6) is -0.579. The highest BCUT2D eigenvalue weighted by atomic mass is 32.2. The molecule has 1 heterocycles. The predicted octanol–water partition coefficient (Wildman–Crippen LogP) is 2.18. The quantitative estimate of drug-likeness (QED) is 0.809. The molecular weight excluding hydrogens is 276 g/mol. The van der Waals surface area contributed by atoms with Crippen LogP contribution in [0.2, 0.25) is 0 Å². The van der Waals surface area contributed by atoms with E-state index in [2.05, 4.69) is 11.4 Å². The van der Waals surface area contributed by atoms with Crippen molar-refractivity contribution in [2.24, 2.45) is 5.92 Å². The summed E-state index contributed by atoms with van der Waals surface area (Å²) in [7, 11) is 0. The minimum absolute atomic E-state index is 0.207. The van der Waals surface area contributed by atoms with Crippen LogP contribution in [0.3, 0.4) is 0 Å². The van der Waals surface area contributed by atoms with Crippen LogP contribution in [0.4, 0.5) is 5.69 Å². The van der Waals surface area contributed by atoms with Crippen molar-refractivity contribution in [1.82, 2.24) is 0 Å². The van der Waals surface area contributed by atoms with E-state index in [1.165, 1.54) is 0 Å². The van der Waals surface area contributed by atoms with Crippen molar-refractivity contribution in [2.75, 3.05) is 24.3 Å². The van der Waals surface area contributed by atoms with Gasteiger partial charge in [-0.1, -0.05) is 13.0 Å². The second-order valence-corrected chi connectivity index (χ2v) is 5.76. The molecule has 2 rings (SSSR count). The van der Waals surface area contributed by atoms with Crippen LogP contribution in [0.5, 0.6) is 0 Å². The first-order valence-electron chi connectivity index (χ1n) is 6.40. The molecule has 1 fully saturated rings. The molecule has 5 nitrogen and oxygen atoms in total. The van der Waals surface area contributed by atoms with Gasteiger partial charge in [0.1, 0.15) is 12.0 Å². The molecule has 0 aliphatic carbocycles. The van der Waals surface area contributed by atoms with Crippen LogP contribution < -0.4 is 5.32 Å². The number of hydrogen-bond acceptors (Lipinski definition) is 5. The summed E-state index contributed by atoms with van der Waals surface area (Å²) in [6.07, 6.45) is 0. The van der Waals surface area contributed by atoms with Crippen LogP contribution in [-0.4, -0.2) is 36.1 Å². The second-order valence-electron chi connectivity index (χ2n) is 4.46. The molecule has 0 bridgehead atoms. The van der Waals surface area contributed by atoms with Gasteiger partial charge in [-0.25, -0.2) is 0 Å². The van der Waals surface area contributed by atoms with E-state index in [4.69, 9.17) is 9.84 Å². The number of ether oxygens (including phenoxy) is 1. The fourth-order valence-electron chi connectivity index (χ4n) is 2.18. The number of nitrogens with zero attached hydrogens (tertiary/aromatic N) is 1. The van der Waals surface area contributed by atoms with E-state index in [0.29, 0.717) is 17.9 Å². The Morgan fingerprint density at radius 3 is 3.05 bits per heavy atom. The zero-order valence-electron chi connectivity index (χ0n) is 11.1. The number of benzene rings is 1. The van der Waals surface area contributed by atoms with Crippen LogP contribution in [0.25, 0.3) is 0 Å². The van der Waals surface area contributed by atoms with E-state index >= 15 is 0 Å². The van der Waals surface area contributed by atoms with Crippen LogP contribution in [0.1, 0.15) is 12.5 Å². The first kappa shape index (κ1) is 14.7. The molecule has 106 valence electrons. The number of nitriles is 1. The number of thioether (sulfide) groups is 1. The van der Waals surface area contributed by atoms with Gasteiger partial charge in [0.2, 0.25) is 0 Å². The monoisotopic (exact) mass is 292 g/mol. The van der Waals surface area contributed by atoms with Gasteiger partial charge in [0, 0.05) is 4.90 Å². The Bertz CT molecular complexity index is 542. The van der Waals surface area contributed by atoms with Crippen LogP contribution >= 0.6 is 11.8 Å². The Morgan fingerprint density at radius 2 is 2.40 bits per heavy atom. The minimum Gasteiger partial charge on any atom is -0.481 e. The van der Waals surface area contributed by atoms with Crippen molar-refractivity contribution in [3.63, 3.8) is 0 Å². The lowest BCUT2D eigenvalue weighted by Crippen LogP contribution is -2.33. The average Bonchev–Trinajstić information content (AvgIpc) is 2.88. The number of rotatable bonds is 5. The first-order chi connectivity index (χ1) is 9.67. The third-order valence-electron chi connectivity index (χ3n) is 3.18. The summed E-state index contributed by atoms with van der Waals surface area (Å²) in [4.78, 5) is 12.0. The molecule has 1 saturated heterocycles. The van der Waals surface area contributed by atoms with Gasteiger partial charge in [-0.3, -0.25) is 4.79 Å². The summed E-state index contributed by atoms with van der Waals surface area (Å²) in [6, 6.07) is 7.46. The average molecular weight is 292 g/mol. The van der Waals surface area contributed by atoms with Crippen LogP contribution in [0.15, 0.2) is 23.1 Å². The normalized spacial score (nSPS) is 21.4. The highest BCUT2D eigenvalue weighted by Crippen LogP contribution is 2.29. The lowest BCUT2D eigenvalue weighted by molar-refractivity contribution is -0.141. The van der Waals surface area contributed by atoms with Gasteiger partial charge in [-0.15, -0.1) is 11.8 Å². The molecule has 2 atom stereocenters. The maximum atomic E-state index is 11.1. The topological polar surface area (TPSA) is 82.3 Å². The molecule has 1 aliphatic rings. The Morgan fingerprint density at radius 1 is 1.60 bits per heavy atom. The fourth-order valence-corrected chi connectivity index (χ4v) is 2.97. The van der Waals surface area contributed by atoms with E-state index in [1.54, 1.807) is 17.8 Å². The Balaban J connectivity index is 2.23. The lowest BCUT2D eigenvalue weighted by Gasteiger charge is -2.18. The van der Waals surface area contributed by atoms with Gasteiger partial charge >= 0.3 is 5.97 Å². The van der Waals surface area contributed by atoms with Gasteiger partial charge in [-0.2, -0.15) is 5.26 Å². The largest absolute Gasteiger partial charge is 0.481 e. The highest BCUT2D eigenvalue weighted by molar-refractivity contribution is 7.99. The third-order valence-corrected chi connectivity index (χ3v) is 4.12. The number of nitrogens with one attached hydrogen (secondary N) is 1. The second kappa shape index (κ2) is 6.64. The smallest absolute Gasteiger partial charge is 0.311 e. The summed E-state index contributed by atoms with van der Waals surface area (Å²) in [5, 5.41) is 21.6. The van der Waals surface area contributed by atoms with Gasteiger partial charge in [0.05, 0.1) is 30.5 Å². The summed E-state index contributed by atoms with van der Waals surface area (Å²) < 4.78 is 5.22. The van der Waals surface area contributed by atoms with Gasteiger partial charge in [0.15, 0.2) is 0 Å². The van der Waals surface area contributed by atoms with Crippen molar-refractivity contribution in [2.45, 2.75) is 17.9 Å². The van der Waals surface area contributed by atoms with Gasteiger partial charge in [-0.05, 0) is 17.9 Å². The molecule has 2 N–H and O–H groups in total. The lowest BCUT2D eigenvalue weighted by atomic mass is 10.0. The predicted molar refractivity (Wildman–Crippen MR) is 76.9 cm³/mol. The van der Waals surface area contributed by atoms with Crippen molar-refractivity contribution in [1.29, 1.82) is 5.26 Å². The van der Waals surface area contributed by atoms with E-state index < -0.39 is 11.9 Å². The molecule has 0 radical (unpaired) electrons. The van der Waals surface area contributed by atoms with Crippen molar-refractivity contribution < 1.29 is 14.6 Å². The van der Waals surface area contributed by atoms with E-state index in [-0.39, 0.29) is 12.6 Å². The number of carboxylic acids is 1. The minimum atomic E-state index is -0.877. The van der Waals surface area contributed by atoms with E-state index in [1.807, 2.05) is 19.1 Å². The molecule has 0 amide bonds. The Labute approximate surface area is 121 Å². The third kappa shape index (κ3) is 3.06. The van der Waals surface area contributed by atoms with Crippen molar-refractivity contribution in [3.05, 3.63) is 23.8 Å². The number of aliphatic carboxylic acids is 1. The van der Waals surface area contributed by atoms with Gasteiger partial charge < -0.3 is 15.2 Å². The zero-order chi connectivity index (χ0) is 14.5. The van der Waals surface area contributed by atoms with Crippen molar-refractivity contribution in [3.8, 4) is 6.07 Å². The maximum Gasteiger partial charge on any atom is 0.311 e. The zero-order valence-corrected chi connectivity index (χ0v) is 11.9. The first-order valence-corrected chi connectivity index (χ1v) is 7.39. The summed E-state index contributed by atoms with van der Waals surface area (Å²) in [6.45, 7) is 2.57. The molecule has 0 spiro atoms. The highest BCUT2D eigenvalue weighted by Gasteiger charge is 2.34.